The zero-order chi connectivity index (χ0) is 12.9. The van der Waals surface area contributed by atoms with Crippen molar-refractivity contribution in [3.8, 4) is 0 Å². The van der Waals surface area contributed by atoms with E-state index in [0.717, 1.165) is 0 Å². The van der Waals surface area contributed by atoms with Crippen LogP contribution in [-0.4, -0.2) is 23.1 Å². The highest BCUT2D eigenvalue weighted by Gasteiger charge is 2.45. The predicted octanol–water partition coefficient (Wildman–Crippen LogP) is 2.47. The minimum absolute atomic E-state index is 0.184. The fourth-order valence-corrected chi connectivity index (χ4v) is 1.35. The Balaban J connectivity index is 4.83. The standard InChI is InChI=1S/C12H22O4/c1-6-12(7-2,10(13)14)11(15)16-9(5)8(3)4/h8-9H,6-7H2,1-5H3,(H,13,14). The van der Waals surface area contributed by atoms with Gasteiger partial charge in [0.05, 0.1) is 0 Å². The van der Waals surface area contributed by atoms with Crippen molar-refractivity contribution in [2.45, 2.75) is 53.6 Å². The number of esters is 1. The number of aliphatic carboxylic acids is 1. The average Bonchev–Trinajstić information content (AvgIpc) is 2.19. The lowest BCUT2D eigenvalue weighted by atomic mass is 9.82. The van der Waals surface area contributed by atoms with Crippen molar-refractivity contribution in [3.63, 3.8) is 0 Å². The Morgan fingerprint density at radius 2 is 1.62 bits per heavy atom. The smallest absolute Gasteiger partial charge is 0.323 e. The number of carboxylic acids is 1. The van der Waals surface area contributed by atoms with Crippen molar-refractivity contribution in [2.24, 2.45) is 11.3 Å². The van der Waals surface area contributed by atoms with Crippen LogP contribution in [0.3, 0.4) is 0 Å². The zero-order valence-electron chi connectivity index (χ0n) is 10.7. The van der Waals surface area contributed by atoms with E-state index in [1.807, 2.05) is 13.8 Å². The molecule has 0 aromatic rings. The van der Waals surface area contributed by atoms with Crippen LogP contribution in [-0.2, 0) is 14.3 Å². The highest BCUT2D eigenvalue weighted by molar-refractivity contribution is 5.99. The third kappa shape index (κ3) is 2.97. The molecule has 16 heavy (non-hydrogen) atoms. The summed E-state index contributed by atoms with van der Waals surface area (Å²) in [4.78, 5) is 23.1. The van der Waals surface area contributed by atoms with E-state index in [1.54, 1.807) is 20.8 Å². The topological polar surface area (TPSA) is 63.6 Å². The van der Waals surface area contributed by atoms with Crippen molar-refractivity contribution in [1.29, 1.82) is 0 Å². The van der Waals surface area contributed by atoms with Gasteiger partial charge in [0, 0.05) is 0 Å². The first-order valence-electron chi connectivity index (χ1n) is 5.76. The van der Waals surface area contributed by atoms with E-state index in [1.165, 1.54) is 0 Å². The summed E-state index contributed by atoms with van der Waals surface area (Å²) in [5.74, 6) is -1.53. The Hall–Kier alpha value is -1.06. The Kier molecular flexibility index (Phi) is 5.48. The van der Waals surface area contributed by atoms with Crippen LogP contribution in [0.4, 0.5) is 0 Å². The van der Waals surface area contributed by atoms with Crippen LogP contribution in [0.2, 0.25) is 0 Å². The van der Waals surface area contributed by atoms with Crippen LogP contribution in [0.15, 0.2) is 0 Å². The summed E-state index contributed by atoms with van der Waals surface area (Å²) in [6.07, 6.45) is 0.245. The number of carboxylic acid groups (broad SMARTS) is 1. The molecule has 0 aliphatic heterocycles. The molecule has 0 aromatic heterocycles. The maximum absolute atomic E-state index is 11.9. The molecular formula is C12H22O4. The lowest BCUT2D eigenvalue weighted by Gasteiger charge is -2.27. The van der Waals surface area contributed by atoms with Crippen molar-refractivity contribution < 1.29 is 19.4 Å². The number of rotatable bonds is 6. The van der Waals surface area contributed by atoms with Gasteiger partial charge in [-0.25, -0.2) is 0 Å². The fraction of sp³-hybridized carbons (Fsp3) is 0.833. The monoisotopic (exact) mass is 230 g/mol. The molecule has 0 amide bonds. The third-order valence-corrected chi connectivity index (χ3v) is 3.24. The zero-order valence-corrected chi connectivity index (χ0v) is 10.7. The molecule has 0 radical (unpaired) electrons. The molecule has 0 bridgehead atoms. The normalized spacial score (nSPS) is 13.6. The van der Waals surface area contributed by atoms with E-state index in [4.69, 9.17) is 9.84 Å². The average molecular weight is 230 g/mol. The highest BCUT2D eigenvalue weighted by atomic mass is 16.5. The minimum Gasteiger partial charge on any atom is -0.480 e. The number of carbonyl (C=O) groups is 2. The molecule has 1 atom stereocenters. The Bertz CT molecular complexity index is 254. The van der Waals surface area contributed by atoms with Gasteiger partial charge < -0.3 is 9.84 Å². The van der Waals surface area contributed by atoms with Crippen LogP contribution < -0.4 is 0 Å². The van der Waals surface area contributed by atoms with Crippen molar-refractivity contribution in [3.05, 3.63) is 0 Å². The van der Waals surface area contributed by atoms with E-state index in [2.05, 4.69) is 0 Å². The molecular weight excluding hydrogens is 208 g/mol. The second kappa shape index (κ2) is 5.87. The summed E-state index contributed by atoms with van der Waals surface area (Å²) in [7, 11) is 0. The molecule has 0 spiro atoms. The molecule has 0 aliphatic rings. The summed E-state index contributed by atoms with van der Waals surface area (Å²) in [6.45, 7) is 9.02. The Morgan fingerprint density at radius 1 is 1.19 bits per heavy atom. The third-order valence-electron chi connectivity index (χ3n) is 3.24. The second-order valence-electron chi connectivity index (χ2n) is 4.45. The van der Waals surface area contributed by atoms with Gasteiger partial charge in [0.2, 0.25) is 0 Å². The number of hydrogen-bond acceptors (Lipinski definition) is 3. The lowest BCUT2D eigenvalue weighted by molar-refractivity contribution is -0.174. The molecule has 0 rings (SSSR count). The molecule has 0 aliphatic carbocycles. The maximum Gasteiger partial charge on any atom is 0.323 e. The van der Waals surface area contributed by atoms with Gasteiger partial charge in [0.25, 0.3) is 0 Å². The first-order chi connectivity index (χ1) is 7.31. The quantitative estimate of drug-likeness (QED) is 0.562. The van der Waals surface area contributed by atoms with Gasteiger partial charge in [-0.05, 0) is 25.7 Å². The first-order valence-corrected chi connectivity index (χ1v) is 5.76. The van der Waals surface area contributed by atoms with E-state index >= 15 is 0 Å². The summed E-state index contributed by atoms with van der Waals surface area (Å²) in [5, 5.41) is 9.14. The van der Waals surface area contributed by atoms with Gasteiger partial charge in [-0.2, -0.15) is 0 Å². The van der Waals surface area contributed by atoms with Crippen LogP contribution >= 0.6 is 0 Å². The lowest BCUT2D eigenvalue weighted by Crippen LogP contribution is -2.41. The summed E-state index contributed by atoms with van der Waals surface area (Å²) in [5.41, 5.74) is -1.39. The van der Waals surface area contributed by atoms with Crippen LogP contribution in [0.5, 0.6) is 0 Å². The van der Waals surface area contributed by atoms with E-state index < -0.39 is 17.4 Å². The molecule has 0 aromatic carbocycles. The first kappa shape index (κ1) is 14.9. The van der Waals surface area contributed by atoms with Gasteiger partial charge in [-0.15, -0.1) is 0 Å². The summed E-state index contributed by atoms with van der Waals surface area (Å²) in [6, 6.07) is 0. The molecule has 1 unspecified atom stereocenters. The van der Waals surface area contributed by atoms with E-state index in [9.17, 15) is 9.59 Å². The maximum atomic E-state index is 11.9. The molecule has 0 heterocycles. The van der Waals surface area contributed by atoms with Crippen LogP contribution in [0.25, 0.3) is 0 Å². The molecule has 0 fully saturated rings. The number of carbonyl (C=O) groups excluding carboxylic acids is 1. The molecule has 4 nitrogen and oxygen atoms in total. The minimum atomic E-state index is -1.39. The van der Waals surface area contributed by atoms with Crippen molar-refractivity contribution in [1.82, 2.24) is 0 Å². The van der Waals surface area contributed by atoms with Gasteiger partial charge in [-0.3, -0.25) is 9.59 Å². The highest BCUT2D eigenvalue weighted by Crippen LogP contribution is 2.29. The van der Waals surface area contributed by atoms with Gasteiger partial charge >= 0.3 is 11.9 Å². The predicted molar refractivity (Wildman–Crippen MR) is 61.0 cm³/mol. The van der Waals surface area contributed by atoms with E-state index in [0.29, 0.717) is 0 Å². The van der Waals surface area contributed by atoms with Crippen LogP contribution in [0.1, 0.15) is 47.5 Å². The fourth-order valence-electron chi connectivity index (χ4n) is 1.35. The van der Waals surface area contributed by atoms with Gasteiger partial charge in [0.15, 0.2) is 5.41 Å². The summed E-state index contributed by atoms with van der Waals surface area (Å²) >= 11 is 0. The van der Waals surface area contributed by atoms with Crippen molar-refractivity contribution in [2.75, 3.05) is 0 Å². The molecule has 0 saturated carbocycles. The Morgan fingerprint density at radius 3 is 1.88 bits per heavy atom. The summed E-state index contributed by atoms with van der Waals surface area (Å²) < 4.78 is 5.20. The van der Waals surface area contributed by atoms with Crippen LogP contribution in [0, 0.1) is 11.3 Å². The van der Waals surface area contributed by atoms with Gasteiger partial charge in [0.1, 0.15) is 6.10 Å². The second-order valence-corrected chi connectivity index (χ2v) is 4.45. The van der Waals surface area contributed by atoms with Crippen molar-refractivity contribution >= 4 is 11.9 Å². The number of ether oxygens (including phenoxy) is 1. The van der Waals surface area contributed by atoms with E-state index in [-0.39, 0.29) is 24.9 Å². The number of hydrogen-bond donors (Lipinski definition) is 1. The van der Waals surface area contributed by atoms with Gasteiger partial charge in [-0.1, -0.05) is 27.7 Å². The molecule has 0 saturated heterocycles. The molecule has 1 N–H and O–H groups in total. The molecule has 94 valence electrons. The molecule has 4 heteroatoms. The Labute approximate surface area is 97.0 Å². The SMILES string of the molecule is CCC(CC)(C(=O)O)C(=O)OC(C)C(C)C. The largest absolute Gasteiger partial charge is 0.480 e.